The summed E-state index contributed by atoms with van der Waals surface area (Å²) in [7, 11) is 0. The second-order valence-electron chi connectivity index (χ2n) is 5.06. The number of hydrogen-bond donors (Lipinski definition) is 1. The van der Waals surface area contributed by atoms with Crippen molar-refractivity contribution in [1.82, 2.24) is 9.78 Å². The molecule has 1 heterocycles. The quantitative estimate of drug-likeness (QED) is 0.807. The van der Waals surface area contributed by atoms with Crippen molar-refractivity contribution in [1.29, 1.82) is 0 Å². The summed E-state index contributed by atoms with van der Waals surface area (Å²) in [6, 6.07) is 8.22. The van der Waals surface area contributed by atoms with Gasteiger partial charge in [0.15, 0.2) is 0 Å². The molecule has 0 fully saturated rings. The summed E-state index contributed by atoms with van der Waals surface area (Å²) >= 11 is 2.29. The van der Waals surface area contributed by atoms with Crippen LogP contribution in [0.5, 0.6) is 0 Å². The molecule has 2 aromatic rings. The van der Waals surface area contributed by atoms with Crippen molar-refractivity contribution in [3.63, 3.8) is 0 Å². The molecule has 0 atom stereocenters. The first-order valence-corrected chi connectivity index (χ1v) is 6.57. The maximum absolute atomic E-state index is 6.02. The van der Waals surface area contributed by atoms with E-state index >= 15 is 0 Å². The Morgan fingerprint density at radius 3 is 2.24 bits per heavy atom. The van der Waals surface area contributed by atoms with Crippen molar-refractivity contribution in [3.8, 4) is 11.3 Å². The van der Waals surface area contributed by atoms with Gasteiger partial charge >= 0.3 is 0 Å². The van der Waals surface area contributed by atoms with Gasteiger partial charge in [-0.3, -0.25) is 4.68 Å². The molecular weight excluding hydrogens is 325 g/mol. The maximum atomic E-state index is 6.02. The smallest absolute Gasteiger partial charge is 0.115 e. The summed E-state index contributed by atoms with van der Waals surface area (Å²) in [4.78, 5) is 0. The monoisotopic (exact) mass is 341 g/mol. The fraction of sp³-hybridized carbons (Fsp3) is 0.308. The average molecular weight is 341 g/mol. The van der Waals surface area contributed by atoms with Crippen LogP contribution in [0.25, 0.3) is 11.3 Å². The van der Waals surface area contributed by atoms with Gasteiger partial charge < -0.3 is 5.73 Å². The van der Waals surface area contributed by atoms with E-state index in [9.17, 15) is 0 Å². The van der Waals surface area contributed by atoms with Gasteiger partial charge in [0, 0.05) is 15.3 Å². The number of aromatic nitrogens is 2. The Hall–Kier alpha value is -1.04. The van der Waals surface area contributed by atoms with E-state index in [0.717, 1.165) is 16.9 Å². The Labute approximate surface area is 115 Å². The van der Waals surface area contributed by atoms with E-state index in [4.69, 9.17) is 5.73 Å². The van der Waals surface area contributed by atoms with E-state index < -0.39 is 0 Å². The van der Waals surface area contributed by atoms with E-state index in [1.807, 2.05) is 23.0 Å². The zero-order chi connectivity index (χ0) is 12.6. The van der Waals surface area contributed by atoms with Crippen LogP contribution in [0, 0.1) is 3.57 Å². The Kier molecular flexibility index (Phi) is 3.16. The van der Waals surface area contributed by atoms with Gasteiger partial charge in [0.1, 0.15) is 5.69 Å². The Balaban J connectivity index is 2.46. The maximum Gasteiger partial charge on any atom is 0.115 e. The number of hydrogen-bond acceptors (Lipinski definition) is 2. The van der Waals surface area contributed by atoms with E-state index in [1.54, 1.807) is 0 Å². The molecule has 4 heteroatoms. The summed E-state index contributed by atoms with van der Waals surface area (Å²) in [6.07, 6.45) is 1.90. The third-order valence-corrected chi connectivity index (χ3v) is 3.27. The number of nitrogen functional groups attached to an aromatic ring is 1. The van der Waals surface area contributed by atoms with Gasteiger partial charge in [0.25, 0.3) is 0 Å². The van der Waals surface area contributed by atoms with Gasteiger partial charge in [-0.05, 0) is 55.5 Å². The number of halogens is 1. The fourth-order valence-electron chi connectivity index (χ4n) is 1.56. The van der Waals surface area contributed by atoms with Gasteiger partial charge in [-0.15, -0.1) is 0 Å². The molecule has 0 aliphatic heterocycles. The number of nitrogens with zero attached hydrogens (tertiary/aromatic N) is 2. The Bertz CT molecular complexity index is 521. The van der Waals surface area contributed by atoms with Crippen molar-refractivity contribution in [2.75, 3.05) is 5.73 Å². The van der Waals surface area contributed by atoms with Crippen LogP contribution in [-0.4, -0.2) is 9.78 Å². The van der Waals surface area contributed by atoms with E-state index in [1.165, 1.54) is 3.57 Å². The SMILES string of the molecule is CC(C)(C)n1cc(N)c(-c2ccc(I)cc2)n1. The van der Waals surface area contributed by atoms with Crippen molar-refractivity contribution in [2.24, 2.45) is 0 Å². The highest BCUT2D eigenvalue weighted by Gasteiger charge is 2.17. The summed E-state index contributed by atoms with van der Waals surface area (Å²) in [5, 5.41) is 4.57. The molecule has 2 N–H and O–H groups in total. The zero-order valence-electron chi connectivity index (χ0n) is 10.2. The van der Waals surface area contributed by atoms with Gasteiger partial charge in [-0.2, -0.15) is 5.10 Å². The molecule has 0 amide bonds. The highest BCUT2D eigenvalue weighted by molar-refractivity contribution is 14.1. The van der Waals surface area contributed by atoms with Crippen LogP contribution < -0.4 is 5.73 Å². The summed E-state index contributed by atoms with van der Waals surface area (Å²) < 4.78 is 3.12. The van der Waals surface area contributed by atoms with Crippen LogP contribution in [0.15, 0.2) is 30.5 Å². The molecular formula is C13H16IN3. The van der Waals surface area contributed by atoms with Gasteiger partial charge in [0.2, 0.25) is 0 Å². The normalized spacial score (nSPS) is 11.8. The lowest BCUT2D eigenvalue weighted by atomic mass is 10.1. The van der Waals surface area contributed by atoms with Gasteiger partial charge in [-0.1, -0.05) is 12.1 Å². The second-order valence-corrected chi connectivity index (χ2v) is 6.30. The first-order chi connectivity index (χ1) is 7.88. The van der Waals surface area contributed by atoms with Crippen molar-refractivity contribution in [3.05, 3.63) is 34.0 Å². The van der Waals surface area contributed by atoms with Crippen molar-refractivity contribution >= 4 is 28.3 Å². The lowest BCUT2D eigenvalue weighted by molar-refractivity contribution is 0.356. The predicted molar refractivity (Wildman–Crippen MR) is 79.8 cm³/mol. The molecule has 2 rings (SSSR count). The van der Waals surface area contributed by atoms with Gasteiger partial charge in [-0.25, -0.2) is 0 Å². The summed E-state index contributed by atoms with van der Waals surface area (Å²) in [5.74, 6) is 0. The molecule has 1 aromatic carbocycles. The molecule has 0 radical (unpaired) electrons. The van der Waals surface area contributed by atoms with E-state index in [-0.39, 0.29) is 5.54 Å². The predicted octanol–water partition coefficient (Wildman–Crippen LogP) is 3.49. The van der Waals surface area contributed by atoms with Crippen LogP contribution in [0.2, 0.25) is 0 Å². The molecule has 1 aromatic heterocycles. The molecule has 0 unspecified atom stereocenters. The molecule has 0 saturated carbocycles. The largest absolute Gasteiger partial charge is 0.396 e. The number of benzene rings is 1. The van der Waals surface area contributed by atoms with Crippen LogP contribution in [0.1, 0.15) is 20.8 Å². The van der Waals surface area contributed by atoms with E-state index in [0.29, 0.717) is 0 Å². The second kappa shape index (κ2) is 4.33. The van der Waals surface area contributed by atoms with Crippen LogP contribution in [0.3, 0.4) is 0 Å². The highest BCUT2D eigenvalue weighted by Crippen LogP contribution is 2.27. The summed E-state index contributed by atoms with van der Waals surface area (Å²) in [5.41, 5.74) is 8.62. The molecule has 0 saturated heterocycles. The fourth-order valence-corrected chi connectivity index (χ4v) is 1.92. The zero-order valence-corrected chi connectivity index (χ0v) is 12.4. The first kappa shape index (κ1) is 12.4. The Morgan fingerprint density at radius 1 is 1.18 bits per heavy atom. The van der Waals surface area contributed by atoms with Crippen molar-refractivity contribution < 1.29 is 0 Å². The Morgan fingerprint density at radius 2 is 1.76 bits per heavy atom. The minimum atomic E-state index is -0.0461. The van der Waals surface area contributed by atoms with Crippen LogP contribution in [-0.2, 0) is 5.54 Å². The van der Waals surface area contributed by atoms with E-state index in [2.05, 4.69) is 60.6 Å². The van der Waals surface area contributed by atoms with Crippen LogP contribution >= 0.6 is 22.6 Å². The summed E-state index contributed by atoms with van der Waals surface area (Å²) in [6.45, 7) is 6.32. The average Bonchev–Trinajstić information content (AvgIpc) is 2.61. The van der Waals surface area contributed by atoms with Gasteiger partial charge in [0.05, 0.1) is 11.2 Å². The highest BCUT2D eigenvalue weighted by atomic mass is 127. The third kappa shape index (κ3) is 2.62. The number of nitrogens with two attached hydrogens (primary N) is 1. The lowest BCUT2D eigenvalue weighted by Crippen LogP contribution is -2.22. The topological polar surface area (TPSA) is 43.8 Å². The molecule has 90 valence electrons. The molecule has 0 aliphatic carbocycles. The number of rotatable bonds is 1. The minimum Gasteiger partial charge on any atom is -0.396 e. The molecule has 0 bridgehead atoms. The molecule has 17 heavy (non-hydrogen) atoms. The first-order valence-electron chi connectivity index (χ1n) is 5.49. The van der Waals surface area contributed by atoms with Crippen LogP contribution in [0.4, 0.5) is 5.69 Å². The van der Waals surface area contributed by atoms with Crippen molar-refractivity contribution in [2.45, 2.75) is 26.3 Å². The molecule has 0 aliphatic rings. The molecule has 3 nitrogen and oxygen atoms in total. The number of anilines is 1. The molecule has 0 spiro atoms. The standard InChI is InChI=1S/C13H16IN3/c1-13(2,3)17-8-11(15)12(16-17)9-4-6-10(14)7-5-9/h4-8H,15H2,1-3H3. The third-order valence-electron chi connectivity index (χ3n) is 2.55. The lowest BCUT2D eigenvalue weighted by Gasteiger charge is -2.18. The minimum absolute atomic E-state index is 0.0461.